The molecule has 2 aromatic rings. The molecule has 21 heavy (non-hydrogen) atoms. The topological polar surface area (TPSA) is 55.1 Å². The summed E-state index contributed by atoms with van der Waals surface area (Å²) < 4.78 is 27.7. The van der Waals surface area contributed by atoms with Gasteiger partial charge in [-0.2, -0.15) is 0 Å². The van der Waals surface area contributed by atoms with Crippen molar-refractivity contribution in [3.63, 3.8) is 0 Å². The number of halogens is 4. The summed E-state index contributed by atoms with van der Waals surface area (Å²) in [4.78, 5) is 12.0. The van der Waals surface area contributed by atoms with E-state index in [9.17, 15) is 13.6 Å². The van der Waals surface area contributed by atoms with Crippen LogP contribution >= 0.6 is 27.5 Å². The maximum atomic E-state index is 13.7. The van der Waals surface area contributed by atoms with Gasteiger partial charge in [-0.1, -0.05) is 27.5 Å². The lowest BCUT2D eigenvalue weighted by atomic mass is 10.1. The van der Waals surface area contributed by atoms with Crippen LogP contribution < -0.4 is 11.1 Å². The molecule has 110 valence electrons. The van der Waals surface area contributed by atoms with E-state index in [-0.39, 0.29) is 9.50 Å². The average Bonchev–Trinajstić information content (AvgIpc) is 2.34. The van der Waals surface area contributed by atoms with Crippen molar-refractivity contribution in [3.8, 4) is 0 Å². The van der Waals surface area contributed by atoms with Gasteiger partial charge in [0.25, 0.3) is 5.91 Å². The maximum absolute atomic E-state index is 13.7. The van der Waals surface area contributed by atoms with Gasteiger partial charge < -0.3 is 11.1 Å². The largest absolute Gasteiger partial charge is 0.398 e. The Hall–Kier alpha value is -1.66. The van der Waals surface area contributed by atoms with Crippen LogP contribution in [0.2, 0.25) is 5.02 Å². The van der Waals surface area contributed by atoms with Gasteiger partial charge >= 0.3 is 0 Å². The van der Waals surface area contributed by atoms with E-state index in [1.165, 1.54) is 6.07 Å². The lowest BCUT2D eigenvalue weighted by Gasteiger charge is -2.11. The molecule has 0 fully saturated rings. The van der Waals surface area contributed by atoms with Crippen LogP contribution in [-0.2, 0) is 0 Å². The Kier molecular flexibility index (Phi) is 4.49. The third-order valence-electron chi connectivity index (χ3n) is 2.83. The van der Waals surface area contributed by atoms with E-state index in [0.717, 1.165) is 12.1 Å². The molecule has 0 bridgehead atoms. The van der Waals surface area contributed by atoms with Crippen LogP contribution in [0.5, 0.6) is 0 Å². The fourth-order valence-electron chi connectivity index (χ4n) is 1.78. The Bertz CT molecular complexity index is 714. The second-order valence-corrected chi connectivity index (χ2v) is 5.71. The van der Waals surface area contributed by atoms with Crippen molar-refractivity contribution in [1.29, 1.82) is 0 Å². The number of aryl methyl sites for hydroxylation is 1. The molecule has 7 heteroatoms. The first-order chi connectivity index (χ1) is 9.79. The lowest BCUT2D eigenvalue weighted by molar-refractivity contribution is 0.101. The van der Waals surface area contributed by atoms with Crippen molar-refractivity contribution in [1.82, 2.24) is 0 Å². The highest BCUT2D eigenvalue weighted by Crippen LogP contribution is 2.28. The molecule has 0 saturated heterocycles. The molecule has 3 nitrogen and oxygen atoms in total. The molecule has 1 amide bonds. The van der Waals surface area contributed by atoms with E-state index < -0.39 is 23.1 Å². The molecule has 2 rings (SSSR count). The van der Waals surface area contributed by atoms with Gasteiger partial charge in [0, 0.05) is 10.2 Å². The predicted molar refractivity (Wildman–Crippen MR) is 82.6 cm³/mol. The molecule has 0 heterocycles. The van der Waals surface area contributed by atoms with Gasteiger partial charge in [0.15, 0.2) is 0 Å². The molecule has 3 N–H and O–H groups in total. The van der Waals surface area contributed by atoms with Gasteiger partial charge in [-0.15, -0.1) is 0 Å². The van der Waals surface area contributed by atoms with Crippen LogP contribution in [0.4, 0.5) is 20.2 Å². The number of hydrogen-bond donors (Lipinski definition) is 2. The van der Waals surface area contributed by atoms with Crippen LogP contribution in [0.3, 0.4) is 0 Å². The second-order valence-electron chi connectivity index (χ2n) is 4.39. The zero-order valence-electron chi connectivity index (χ0n) is 10.8. The van der Waals surface area contributed by atoms with Crippen molar-refractivity contribution in [2.24, 2.45) is 0 Å². The highest BCUT2D eigenvalue weighted by molar-refractivity contribution is 9.10. The quantitative estimate of drug-likeness (QED) is 0.758. The Morgan fingerprint density at radius 2 is 1.81 bits per heavy atom. The van der Waals surface area contributed by atoms with Crippen molar-refractivity contribution in [3.05, 3.63) is 56.5 Å². The minimum atomic E-state index is -0.960. The standard InChI is InChI=1S/C14H10BrClF2N2O/c1-6-2-11(19)8(16)5-12(6)20-14(21)13-9(17)3-7(15)4-10(13)18/h2-5H,19H2,1H3,(H,20,21). The molecule has 0 atom stereocenters. The molecule has 0 aromatic heterocycles. The third-order valence-corrected chi connectivity index (χ3v) is 3.61. The number of hydrogen-bond acceptors (Lipinski definition) is 2. The number of nitrogens with one attached hydrogen (secondary N) is 1. The van der Waals surface area contributed by atoms with Crippen molar-refractivity contribution in [2.75, 3.05) is 11.1 Å². The first-order valence-electron chi connectivity index (χ1n) is 5.81. The van der Waals surface area contributed by atoms with E-state index in [0.29, 0.717) is 16.9 Å². The van der Waals surface area contributed by atoms with Gasteiger partial charge in [-0.05, 0) is 36.8 Å². The number of nitrogens with two attached hydrogens (primary N) is 1. The molecule has 0 unspecified atom stereocenters. The molecule has 0 aliphatic heterocycles. The molecule has 0 radical (unpaired) electrons. The van der Waals surface area contributed by atoms with Gasteiger partial charge in [0.05, 0.1) is 10.7 Å². The molecule has 0 saturated carbocycles. The smallest absolute Gasteiger partial charge is 0.261 e. The van der Waals surface area contributed by atoms with E-state index in [2.05, 4.69) is 21.2 Å². The van der Waals surface area contributed by atoms with E-state index in [1.54, 1.807) is 13.0 Å². The Labute approximate surface area is 133 Å². The number of rotatable bonds is 2. The number of amides is 1. The minimum absolute atomic E-state index is 0.209. The summed E-state index contributed by atoms with van der Waals surface area (Å²) in [6, 6.07) is 5.02. The lowest BCUT2D eigenvalue weighted by Crippen LogP contribution is -2.16. The van der Waals surface area contributed by atoms with Crippen LogP contribution in [0.25, 0.3) is 0 Å². The molecular weight excluding hydrogens is 366 g/mol. The van der Waals surface area contributed by atoms with Crippen LogP contribution in [0, 0.1) is 18.6 Å². The third kappa shape index (κ3) is 3.33. The van der Waals surface area contributed by atoms with Gasteiger partial charge in [0.1, 0.15) is 17.2 Å². The fraction of sp³-hybridized carbons (Fsp3) is 0.0714. The summed E-state index contributed by atoms with van der Waals surface area (Å²) in [7, 11) is 0. The van der Waals surface area contributed by atoms with Crippen LogP contribution in [0.15, 0.2) is 28.7 Å². The number of nitrogen functional groups attached to an aromatic ring is 1. The van der Waals surface area contributed by atoms with Crippen LogP contribution in [-0.4, -0.2) is 5.91 Å². The fourth-order valence-corrected chi connectivity index (χ4v) is 2.35. The predicted octanol–water partition coefficient (Wildman–Crippen LogP) is 4.52. The van der Waals surface area contributed by atoms with E-state index in [1.807, 2.05) is 0 Å². The highest BCUT2D eigenvalue weighted by Gasteiger charge is 2.19. The second kappa shape index (κ2) is 5.99. The van der Waals surface area contributed by atoms with Gasteiger partial charge in [-0.25, -0.2) is 8.78 Å². The Balaban J connectivity index is 2.37. The van der Waals surface area contributed by atoms with Crippen molar-refractivity contribution in [2.45, 2.75) is 6.92 Å². The molecular formula is C14H10BrClF2N2O. The summed E-state index contributed by atoms with van der Waals surface area (Å²) in [5.74, 6) is -2.82. The number of carbonyl (C=O) groups is 1. The number of carbonyl (C=O) groups excluding carboxylic acids is 1. The van der Waals surface area contributed by atoms with E-state index >= 15 is 0 Å². The monoisotopic (exact) mass is 374 g/mol. The van der Waals surface area contributed by atoms with Crippen molar-refractivity contribution >= 4 is 44.8 Å². The highest BCUT2D eigenvalue weighted by atomic mass is 79.9. The zero-order chi connectivity index (χ0) is 15.7. The average molecular weight is 376 g/mol. The minimum Gasteiger partial charge on any atom is -0.398 e. The molecule has 0 aliphatic carbocycles. The molecule has 0 spiro atoms. The summed E-state index contributed by atoms with van der Waals surface area (Å²) >= 11 is 8.82. The first kappa shape index (κ1) is 15.7. The summed E-state index contributed by atoms with van der Waals surface area (Å²) in [6.07, 6.45) is 0. The maximum Gasteiger partial charge on any atom is 0.261 e. The molecule has 2 aromatic carbocycles. The molecule has 0 aliphatic rings. The number of anilines is 2. The van der Waals surface area contributed by atoms with Crippen LogP contribution in [0.1, 0.15) is 15.9 Å². The van der Waals surface area contributed by atoms with E-state index in [4.69, 9.17) is 17.3 Å². The van der Waals surface area contributed by atoms with Gasteiger partial charge in [0.2, 0.25) is 0 Å². The Morgan fingerprint density at radius 3 is 2.38 bits per heavy atom. The first-order valence-corrected chi connectivity index (χ1v) is 6.98. The Morgan fingerprint density at radius 1 is 1.24 bits per heavy atom. The number of benzene rings is 2. The summed E-state index contributed by atoms with van der Waals surface area (Å²) in [5.41, 5.74) is 6.28. The normalized spacial score (nSPS) is 10.5. The SMILES string of the molecule is Cc1cc(N)c(Cl)cc1NC(=O)c1c(F)cc(Br)cc1F. The van der Waals surface area contributed by atoms with Crippen molar-refractivity contribution < 1.29 is 13.6 Å². The summed E-state index contributed by atoms with van der Waals surface area (Å²) in [6.45, 7) is 1.69. The zero-order valence-corrected chi connectivity index (χ0v) is 13.1. The summed E-state index contributed by atoms with van der Waals surface area (Å²) in [5, 5.41) is 2.66. The van der Waals surface area contributed by atoms with Gasteiger partial charge in [-0.3, -0.25) is 4.79 Å².